The molecule has 4 rings (SSSR count). The maximum absolute atomic E-state index is 6.54. The largest absolute Gasteiger partial charge is 0.464 e. The van der Waals surface area contributed by atoms with E-state index in [1.54, 1.807) is 0 Å². The van der Waals surface area contributed by atoms with E-state index in [9.17, 15) is 0 Å². The lowest BCUT2D eigenvalue weighted by Gasteiger charge is -2.06. The number of aryl methyl sites for hydroxylation is 1. The Labute approximate surface area is 126 Å². The summed E-state index contributed by atoms with van der Waals surface area (Å²) in [6.07, 6.45) is 0. The predicted molar refractivity (Wildman–Crippen MR) is 84.9 cm³/mol. The van der Waals surface area contributed by atoms with Crippen molar-refractivity contribution in [3.8, 4) is 0 Å². The minimum absolute atomic E-state index is 0.295. The van der Waals surface area contributed by atoms with Gasteiger partial charge in [-0.25, -0.2) is 0 Å². The number of alkyl halides is 1. The minimum atomic E-state index is -0.295. The van der Waals surface area contributed by atoms with Gasteiger partial charge in [0.1, 0.15) is 28.1 Å². The third kappa shape index (κ3) is 2.03. The number of hydrogen-bond donors (Lipinski definition) is 0. The van der Waals surface area contributed by atoms with Gasteiger partial charge in [0.05, 0.1) is 0 Å². The van der Waals surface area contributed by atoms with Crippen LogP contribution in [-0.2, 0) is 0 Å². The van der Waals surface area contributed by atoms with Crippen LogP contribution in [0.25, 0.3) is 21.9 Å². The summed E-state index contributed by atoms with van der Waals surface area (Å²) in [7, 11) is 0. The van der Waals surface area contributed by atoms with E-state index in [1.807, 2.05) is 49.4 Å². The van der Waals surface area contributed by atoms with Crippen molar-refractivity contribution in [1.29, 1.82) is 0 Å². The molecular formula is C18H13ClO2. The Balaban J connectivity index is 1.88. The molecular weight excluding hydrogens is 284 g/mol. The van der Waals surface area contributed by atoms with Gasteiger partial charge in [-0.2, -0.15) is 0 Å². The molecule has 0 spiro atoms. The van der Waals surface area contributed by atoms with Crippen LogP contribution in [0.2, 0.25) is 0 Å². The van der Waals surface area contributed by atoms with E-state index in [0.29, 0.717) is 0 Å². The highest BCUT2D eigenvalue weighted by molar-refractivity contribution is 6.22. The van der Waals surface area contributed by atoms with Crippen molar-refractivity contribution in [3.05, 3.63) is 71.7 Å². The fraction of sp³-hybridized carbons (Fsp3) is 0.111. The molecule has 21 heavy (non-hydrogen) atoms. The fourth-order valence-electron chi connectivity index (χ4n) is 2.66. The Morgan fingerprint density at radius 2 is 1.67 bits per heavy atom. The van der Waals surface area contributed by atoms with Crippen LogP contribution in [0.15, 0.2) is 63.4 Å². The second kappa shape index (κ2) is 4.68. The van der Waals surface area contributed by atoms with Gasteiger partial charge in [-0.3, -0.25) is 0 Å². The van der Waals surface area contributed by atoms with E-state index in [1.165, 1.54) is 0 Å². The van der Waals surface area contributed by atoms with Gasteiger partial charge in [0.25, 0.3) is 0 Å². The summed E-state index contributed by atoms with van der Waals surface area (Å²) in [6.45, 7) is 1.92. The van der Waals surface area contributed by atoms with E-state index in [-0.39, 0.29) is 5.38 Å². The number of fused-ring (bicyclic) bond motifs is 3. The number of hydrogen-bond acceptors (Lipinski definition) is 2. The molecule has 0 amide bonds. The monoisotopic (exact) mass is 296 g/mol. The zero-order valence-electron chi connectivity index (χ0n) is 11.5. The summed E-state index contributed by atoms with van der Waals surface area (Å²) in [6, 6.07) is 17.9. The van der Waals surface area contributed by atoms with Crippen molar-refractivity contribution in [1.82, 2.24) is 0 Å². The first-order chi connectivity index (χ1) is 10.2. The van der Waals surface area contributed by atoms with E-state index in [4.69, 9.17) is 20.4 Å². The van der Waals surface area contributed by atoms with Crippen molar-refractivity contribution in [2.24, 2.45) is 0 Å². The molecule has 0 saturated carbocycles. The molecule has 2 aromatic heterocycles. The zero-order chi connectivity index (χ0) is 14.4. The molecule has 1 unspecified atom stereocenters. The Hall–Kier alpha value is -2.19. The molecule has 0 radical (unpaired) electrons. The van der Waals surface area contributed by atoms with Crippen LogP contribution < -0.4 is 0 Å². The van der Waals surface area contributed by atoms with Crippen LogP contribution >= 0.6 is 11.6 Å². The summed E-state index contributed by atoms with van der Waals surface area (Å²) < 4.78 is 11.5. The molecule has 0 aliphatic heterocycles. The number of furan rings is 2. The lowest BCUT2D eigenvalue weighted by atomic mass is 10.1. The van der Waals surface area contributed by atoms with Crippen LogP contribution in [0.1, 0.15) is 22.5 Å². The van der Waals surface area contributed by atoms with Crippen LogP contribution in [0.3, 0.4) is 0 Å². The molecule has 2 heterocycles. The molecule has 1 atom stereocenters. The SMILES string of the molecule is Cc1ccc(C(Cl)c2ccc3oc4ccccc4c3c2)o1. The van der Waals surface area contributed by atoms with Crippen LogP contribution in [0.4, 0.5) is 0 Å². The Bertz CT molecular complexity index is 933. The highest BCUT2D eigenvalue weighted by atomic mass is 35.5. The van der Waals surface area contributed by atoms with Crippen molar-refractivity contribution < 1.29 is 8.83 Å². The van der Waals surface area contributed by atoms with Gasteiger partial charge < -0.3 is 8.83 Å². The van der Waals surface area contributed by atoms with E-state index in [0.717, 1.165) is 39.0 Å². The zero-order valence-corrected chi connectivity index (χ0v) is 12.2. The van der Waals surface area contributed by atoms with Gasteiger partial charge in [0.15, 0.2) is 0 Å². The van der Waals surface area contributed by atoms with Gasteiger partial charge in [-0.05, 0) is 42.8 Å². The first kappa shape index (κ1) is 12.5. The third-order valence-electron chi connectivity index (χ3n) is 3.70. The van der Waals surface area contributed by atoms with Crippen molar-refractivity contribution in [2.45, 2.75) is 12.3 Å². The Morgan fingerprint density at radius 3 is 2.48 bits per heavy atom. The maximum Gasteiger partial charge on any atom is 0.135 e. The molecule has 2 aromatic carbocycles. The summed E-state index contributed by atoms with van der Waals surface area (Å²) in [4.78, 5) is 0. The highest BCUT2D eigenvalue weighted by Gasteiger charge is 2.16. The van der Waals surface area contributed by atoms with Crippen LogP contribution in [0, 0.1) is 6.92 Å². The van der Waals surface area contributed by atoms with Gasteiger partial charge >= 0.3 is 0 Å². The Kier molecular flexibility index (Phi) is 2.79. The summed E-state index contributed by atoms with van der Waals surface area (Å²) >= 11 is 6.54. The first-order valence-corrected chi connectivity index (χ1v) is 7.27. The third-order valence-corrected chi connectivity index (χ3v) is 4.17. The van der Waals surface area contributed by atoms with Crippen molar-refractivity contribution in [3.63, 3.8) is 0 Å². The smallest absolute Gasteiger partial charge is 0.135 e. The molecule has 0 aliphatic carbocycles. The highest BCUT2D eigenvalue weighted by Crippen LogP contribution is 2.35. The number of rotatable bonds is 2. The minimum Gasteiger partial charge on any atom is -0.464 e. The van der Waals surface area contributed by atoms with Crippen molar-refractivity contribution in [2.75, 3.05) is 0 Å². The standard InChI is InChI=1S/C18H13ClO2/c1-11-6-8-17(20-11)18(19)12-7-9-16-14(10-12)13-4-2-3-5-15(13)21-16/h2-10,18H,1H3. The van der Waals surface area contributed by atoms with Gasteiger partial charge in [0, 0.05) is 10.8 Å². The lowest BCUT2D eigenvalue weighted by Crippen LogP contribution is -1.90. The number of benzene rings is 2. The van der Waals surface area contributed by atoms with E-state index < -0.39 is 0 Å². The molecule has 2 nitrogen and oxygen atoms in total. The van der Waals surface area contributed by atoms with Gasteiger partial charge in [0.2, 0.25) is 0 Å². The van der Waals surface area contributed by atoms with E-state index >= 15 is 0 Å². The lowest BCUT2D eigenvalue weighted by molar-refractivity contribution is 0.489. The second-order valence-corrected chi connectivity index (χ2v) is 5.60. The van der Waals surface area contributed by atoms with Crippen LogP contribution in [-0.4, -0.2) is 0 Å². The average Bonchev–Trinajstić information content (AvgIpc) is 3.09. The molecule has 4 aromatic rings. The molecule has 104 valence electrons. The quantitative estimate of drug-likeness (QED) is 0.436. The summed E-state index contributed by atoms with van der Waals surface area (Å²) in [5, 5.41) is 1.89. The normalized spacial score (nSPS) is 13.0. The predicted octanol–water partition coefficient (Wildman–Crippen LogP) is 5.82. The molecule has 3 heteroatoms. The fourth-order valence-corrected chi connectivity index (χ4v) is 2.91. The molecule has 0 saturated heterocycles. The average molecular weight is 297 g/mol. The van der Waals surface area contributed by atoms with Crippen LogP contribution in [0.5, 0.6) is 0 Å². The topological polar surface area (TPSA) is 26.3 Å². The number of para-hydroxylation sites is 1. The van der Waals surface area contributed by atoms with E-state index in [2.05, 4.69) is 12.1 Å². The van der Waals surface area contributed by atoms with Crippen molar-refractivity contribution >= 4 is 33.5 Å². The molecule has 0 bridgehead atoms. The first-order valence-electron chi connectivity index (χ1n) is 6.84. The maximum atomic E-state index is 6.54. The second-order valence-electron chi connectivity index (χ2n) is 5.16. The van der Waals surface area contributed by atoms with Gasteiger partial charge in [-0.1, -0.05) is 24.3 Å². The summed E-state index contributed by atoms with van der Waals surface area (Å²) in [5.74, 6) is 1.63. The molecule has 0 aliphatic rings. The molecule has 0 N–H and O–H groups in total. The molecule has 0 fully saturated rings. The van der Waals surface area contributed by atoms with Gasteiger partial charge in [-0.15, -0.1) is 11.6 Å². The summed E-state index contributed by atoms with van der Waals surface area (Å²) in [5.41, 5.74) is 2.77. The Morgan fingerprint density at radius 1 is 0.857 bits per heavy atom. The number of halogens is 1.